The maximum Gasteiger partial charge on any atom is 0.128 e. The normalized spacial score (nSPS) is 16.1. The third-order valence-corrected chi connectivity index (χ3v) is 4.01. The zero-order valence-electron chi connectivity index (χ0n) is 12.4. The van der Waals surface area contributed by atoms with E-state index in [9.17, 15) is 0 Å². The molecule has 3 rings (SSSR count). The van der Waals surface area contributed by atoms with Gasteiger partial charge < -0.3 is 4.90 Å². The number of hydrogen-bond acceptors (Lipinski definition) is 4. The summed E-state index contributed by atoms with van der Waals surface area (Å²) in [6.45, 7) is 5.58. The summed E-state index contributed by atoms with van der Waals surface area (Å²) in [5.74, 6) is 1.10. The Bertz CT molecular complexity index is 518. The molecule has 1 aliphatic rings. The Labute approximate surface area is 126 Å². The lowest BCUT2D eigenvalue weighted by atomic mass is 10.1. The number of aromatic nitrogens is 2. The van der Waals surface area contributed by atoms with E-state index in [2.05, 4.69) is 38.0 Å². The first-order valence-electron chi connectivity index (χ1n) is 7.69. The molecule has 4 nitrogen and oxygen atoms in total. The fourth-order valence-electron chi connectivity index (χ4n) is 2.79. The molecule has 110 valence electrons. The molecule has 3 heterocycles. The molecule has 0 N–H and O–H groups in total. The first-order chi connectivity index (χ1) is 10.4. The zero-order valence-corrected chi connectivity index (χ0v) is 12.4. The zero-order chi connectivity index (χ0) is 14.3. The van der Waals surface area contributed by atoms with Crippen molar-refractivity contribution in [3.63, 3.8) is 0 Å². The van der Waals surface area contributed by atoms with Crippen LogP contribution in [0.3, 0.4) is 0 Å². The molecule has 0 atom stereocenters. The lowest BCUT2D eigenvalue weighted by molar-refractivity contribution is 0.254. The standard InChI is InChI=1S/C17H22N4/c1-2-9-19-17(7-1)21-13-11-20(12-14-21)10-4-6-16-5-3-8-18-15-16/h1-3,5,7-9,15H,4,6,10-14H2. The average Bonchev–Trinajstić information content (AvgIpc) is 2.57. The van der Waals surface area contributed by atoms with Gasteiger partial charge in [-0.1, -0.05) is 12.1 Å². The van der Waals surface area contributed by atoms with E-state index in [1.54, 1.807) is 0 Å². The third-order valence-electron chi connectivity index (χ3n) is 4.01. The molecular formula is C17H22N4. The molecule has 2 aromatic rings. The van der Waals surface area contributed by atoms with Gasteiger partial charge in [-0.15, -0.1) is 0 Å². The summed E-state index contributed by atoms with van der Waals surface area (Å²) >= 11 is 0. The van der Waals surface area contributed by atoms with Crippen molar-refractivity contribution in [3.05, 3.63) is 54.5 Å². The van der Waals surface area contributed by atoms with Crippen LogP contribution in [-0.4, -0.2) is 47.6 Å². The summed E-state index contributed by atoms with van der Waals surface area (Å²) in [5, 5.41) is 0. The molecule has 2 aromatic heterocycles. The summed E-state index contributed by atoms with van der Waals surface area (Å²) in [5.41, 5.74) is 1.34. The van der Waals surface area contributed by atoms with Gasteiger partial charge in [-0.3, -0.25) is 9.88 Å². The fraction of sp³-hybridized carbons (Fsp3) is 0.412. The lowest BCUT2D eigenvalue weighted by Gasteiger charge is -2.35. The maximum atomic E-state index is 4.43. The quantitative estimate of drug-likeness (QED) is 0.842. The molecule has 1 fully saturated rings. The highest BCUT2D eigenvalue weighted by Crippen LogP contribution is 2.13. The third kappa shape index (κ3) is 4.02. The molecular weight excluding hydrogens is 260 g/mol. The van der Waals surface area contributed by atoms with Crippen molar-refractivity contribution in [2.75, 3.05) is 37.6 Å². The van der Waals surface area contributed by atoms with Crippen molar-refractivity contribution in [1.29, 1.82) is 0 Å². The van der Waals surface area contributed by atoms with Crippen molar-refractivity contribution in [2.24, 2.45) is 0 Å². The number of pyridine rings is 2. The average molecular weight is 282 g/mol. The molecule has 0 spiro atoms. The molecule has 1 aliphatic heterocycles. The van der Waals surface area contributed by atoms with Crippen LogP contribution in [0.2, 0.25) is 0 Å². The molecule has 0 bridgehead atoms. The highest BCUT2D eigenvalue weighted by Gasteiger charge is 2.17. The van der Waals surface area contributed by atoms with Crippen LogP contribution < -0.4 is 4.90 Å². The Hall–Kier alpha value is -1.94. The minimum Gasteiger partial charge on any atom is -0.354 e. The Morgan fingerprint density at radius 2 is 1.86 bits per heavy atom. The van der Waals surface area contributed by atoms with Crippen LogP contribution in [0.25, 0.3) is 0 Å². The van der Waals surface area contributed by atoms with E-state index >= 15 is 0 Å². The highest BCUT2D eigenvalue weighted by molar-refractivity contribution is 5.38. The predicted molar refractivity (Wildman–Crippen MR) is 85.4 cm³/mol. The first kappa shape index (κ1) is 14.0. The van der Waals surface area contributed by atoms with Crippen molar-refractivity contribution >= 4 is 5.82 Å². The molecule has 1 saturated heterocycles. The smallest absolute Gasteiger partial charge is 0.128 e. The van der Waals surface area contributed by atoms with Gasteiger partial charge in [-0.25, -0.2) is 4.98 Å². The minimum atomic E-state index is 1.07. The Kier molecular flexibility index (Phi) is 4.79. The Balaban J connectivity index is 1.40. The highest BCUT2D eigenvalue weighted by atomic mass is 15.3. The molecule has 0 saturated carbocycles. The second-order valence-electron chi connectivity index (χ2n) is 5.48. The van der Waals surface area contributed by atoms with Gasteiger partial charge in [0.1, 0.15) is 5.82 Å². The molecule has 21 heavy (non-hydrogen) atoms. The summed E-state index contributed by atoms with van der Waals surface area (Å²) in [6, 6.07) is 10.3. The van der Waals surface area contributed by atoms with Crippen molar-refractivity contribution in [3.8, 4) is 0 Å². The van der Waals surface area contributed by atoms with Gasteiger partial charge in [0, 0.05) is 44.8 Å². The van der Waals surface area contributed by atoms with Gasteiger partial charge in [0.05, 0.1) is 0 Å². The van der Waals surface area contributed by atoms with E-state index in [-0.39, 0.29) is 0 Å². The summed E-state index contributed by atoms with van der Waals surface area (Å²) in [4.78, 5) is 13.5. The molecule has 0 aromatic carbocycles. The molecule has 0 amide bonds. The van der Waals surface area contributed by atoms with E-state index in [0.29, 0.717) is 0 Å². The topological polar surface area (TPSA) is 32.3 Å². The van der Waals surface area contributed by atoms with E-state index < -0.39 is 0 Å². The second-order valence-corrected chi connectivity index (χ2v) is 5.48. The van der Waals surface area contributed by atoms with Crippen molar-refractivity contribution in [1.82, 2.24) is 14.9 Å². The number of nitrogens with zero attached hydrogens (tertiary/aromatic N) is 4. The van der Waals surface area contributed by atoms with Gasteiger partial charge in [-0.05, 0) is 43.1 Å². The molecule has 0 aliphatic carbocycles. The monoisotopic (exact) mass is 282 g/mol. The van der Waals surface area contributed by atoms with Gasteiger partial charge >= 0.3 is 0 Å². The second kappa shape index (κ2) is 7.18. The predicted octanol–water partition coefficient (Wildman–Crippen LogP) is 2.23. The number of piperazine rings is 1. The minimum absolute atomic E-state index is 1.07. The van der Waals surface area contributed by atoms with Crippen molar-refractivity contribution in [2.45, 2.75) is 12.8 Å². The van der Waals surface area contributed by atoms with E-state index in [4.69, 9.17) is 0 Å². The summed E-state index contributed by atoms with van der Waals surface area (Å²) < 4.78 is 0. The summed E-state index contributed by atoms with van der Waals surface area (Å²) in [6.07, 6.45) is 8.00. The van der Waals surface area contributed by atoms with Crippen LogP contribution in [-0.2, 0) is 6.42 Å². The maximum absolute atomic E-state index is 4.43. The fourth-order valence-corrected chi connectivity index (χ4v) is 2.79. The lowest BCUT2D eigenvalue weighted by Crippen LogP contribution is -2.46. The Morgan fingerprint density at radius 1 is 0.952 bits per heavy atom. The number of anilines is 1. The van der Waals surface area contributed by atoms with Gasteiger partial charge in [-0.2, -0.15) is 0 Å². The Morgan fingerprint density at radius 3 is 2.57 bits per heavy atom. The van der Waals surface area contributed by atoms with Gasteiger partial charge in [0.2, 0.25) is 0 Å². The number of rotatable bonds is 5. The van der Waals surface area contributed by atoms with Crippen LogP contribution in [0.4, 0.5) is 5.82 Å². The van der Waals surface area contributed by atoms with Crippen molar-refractivity contribution < 1.29 is 0 Å². The molecule has 0 radical (unpaired) electrons. The van der Waals surface area contributed by atoms with E-state index in [1.165, 1.54) is 18.5 Å². The van der Waals surface area contributed by atoms with Gasteiger partial charge in [0.25, 0.3) is 0 Å². The SMILES string of the molecule is c1ccc(N2CCN(CCCc3cccnc3)CC2)nc1. The van der Waals surface area contributed by atoms with Crippen LogP contribution in [0.15, 0.2) is 48.9 Å². The number of hydrogen-bond donors (Lipinski definition) is 0. The molecule has 0 unspecified atom stereocenters. The number of aryl methyl sites for hydroxylation is 1. The van der Waals surface area contributed by atoms with Gasteiger partial charge in [0.15, 0.2) is 0 Å². The van der Waals surface area contributed by atoms with E-state index in [1.807, 2.05) is 30.7 Å². The van der Waals surface area contributed by atoms with Crippen LogP contribution >= 0.6 is 0 Å². The molecule has 4 heteroatoms. The largest absolute Gasteiger partial charge is 0.354 e. The summed E-state index contributed by atoms with van der Waals surface area (Å²) in [7, 11) is 0. The first-order valence-corrected chi connectivity index (χ1v) is 7.69. The van der Waals surface area contributed by atoms with Crippen LogP contribution in [0.1, 0.15) is 12.0 Å². The van der Waals surface area contributed by atoms with Crippen LogP contribution in [0.5, 0.6) is 0 Å². The van der Waals surface area contributed by atoms with E-state index in [0.717, 1.165) is 38.4 Å². The van der Waals surface area contributed by atoms with Crippen LogP contribution in [0, 0.1) is 0 Å².